The number of aryl methyl sites for hydroxylation is 1. The molecule has 1 aliphatic rings. The molecule has 0 saturated heterocycles. The molecule has 19 heavy (non-hydrogen) atoms. The van der Waals surface area contributed by atoms with E-state index in [0.717, 1.165) is 12.5 Å². The lowest BCUT2D eigenvalue weighted by atomic mass is 10.0. The molecule has 0 spiro atoms. The largest absolute Gasteiger partial charge is 0.364 e. The first kappa shape index (κ1) is 13.7. The van der Waals surface area contributed by atoms with E-state index in [2.05, 4.69) is 79.4 Å². The third-order valence-electron chi connectivity index (χ3n) is 3.51. The molecule has 3 nitrogen and oxygen atoms in total. The highest BCUT2D eigenvalue weighted by Gasteiger charge is 2.12. The molecule has 1 unspecified atom stereocenters. The topological polar surface area (TPSA) is 27.6 Å². The van der Waals surface area contributed by atoms with Gasteiger partial charge in [-0.3, -0.25) is 0 Å². The van der Waals surface area contributed by atoms with E-state index in [0.29, 0.717) is 6.04 Å². The summed E-state index contributed by atoms with van der Waals surface area (Å²) in [7, 11) is 0. The van der Waals surface area contributed by atoms with Crippen LogP contribution in [0.3, 0.4) is 0 Å². The molecule has 0 bridgehead atoms. The second-order valence-electron chi connectivity index (χ2n) is 5.33. The molecule has 0 amide bonds. The SMILES string of the molecule is Cc1ccccc1C(C)NC1=NCN(C(C)C)C=C1. The first-order valence-corrected chi connectivity index (χ1v) is 6.88. The van der Waals surface area contributed by atoms with Crippen molar-refractivity contribution < 1.29 is 0 Å². The van der Waals surface area contributed by atoms with Gasteiger partial charge in [-0.1, -0.05) is 24.3 Å². The maximum atomic E-state index is 4.57. The molecule has 1 heterocycles. The van der Waals surface area contributed by atoms with Crippen molar-refractivity contribution in [3.63, 3.8) is 0 Å². The number of benzene rings is 1. The highest BCUT2D eigenvalue weighted by molar-refractivity contribution is 5.93. The van der Waals surface area contributed by atoms with Crippen molar-refractivity contribution in [2.24, 2.45) is 4.99 Å². The number of aliphatic imine (C=N–C) groups is 1. The molecule has 1 aliphatic heterocycles. The van der Waals surface area contributed by atoms with E-state index in [-0.39, 0.29) is 6.04 Å². The molecule has 2 rings (SSSR count). The normalized spacial score (nSPS) is 16.5. The van der Waals surface area contributed by atoms with Gasteiger partial charge in [0.2, 0.25) is 0 Å². The fourth-order valence-corrected chi connectivity index (χ4v) is 2.23. The van der Waals surface area contributed by atoms with Crippen LogP contribution in [-0.2, 0) is 0 Å². The summed E-state index contributed by atoms with van der Waals surface area (Å²) < 4.78 is 0. The van der Waals surface area contributed by atoms with E-state index in [4.69, 9.17) is 0 Å². The highest BCUT2D eigenvalue weighted by Crippen LogP contribution is 2.17. The monoisotopic (exact) mass is 257 g/mol. The summed E-state index contributed by atoms with van der Waals surface area (Å²) in [5, 5.41) is 3.47. The van der Waals surface area contributed by atoms with Crippen LogP contribution in [-0.4, -0.2) is 23.4 Å². The summed E-state index contributed by atoms with van der Waals surface area (Å²) in [4.78, 5) is 6.78. The van der Waals surface area contributed by atoms with Crippen LogP contribution in [0.1, 0.15) is 37.9 Å². The maximum Gasteiger partial charge on any atom is 0.124 e. The van der Waals surface area contributed by atoms with Crippen molar-refractivity contribution >= 4 is 5.84 Å². The van der Waals surface area contributed by atoms with E-state index in [1.54, 1.807) is 0 Å². The molecule has 1 aromatic rings. The van der Waals surface area contributed by atoms with Crippen molar-refractivity contribution in [2.75, 3.05) is 6.67 Å². The molecule has 102 valence electrons. The zero-order chi connectivity index (χ0) is 13.8. The van der Waals surface area contributed by atoms with Crippen molar-refractivity contribution in [1.29, 1.82) is 0 Å². The quantitative estimate of drug-likeness (QED) is 0.900. The summed E-state index contributed by atoms with van der Waals surface area (Å²) in [6, 6.07) is 9.24. The molecule has 1 N–H and O–H groups in total. The Morgan fingerprint density at radius 2 is 1.95 bits per heavy atom. The molecule has 0 aliphatic carbocycles. The first-order chi connectivity index (χ1) is 9.08. The summed E-state index contributed by atoms with van der Waals surface area (Å²) in [5.74, 6) is 0.965. The minimum Gasteiger partial charge on any atom is -0.364 e. The maximum absolute atomic E-state index is 4.57. The van der Waals surface area contributed by atoms with Crippen LogP contribution in [0.25, 0.3) is 0 Å². The zero-order valence-electron chi connectivity index (χ0n) is 12.2. The lowest BCUT2D eigenvalue weighted by molar-refractivity contribution is 0.317. The van der Waals surface area contributed by atoms with Crippen LogP contribution in [0.2, 0.25) is 0 Å². The van der Waals surface area contributed by atoms with Crippen molar-refractivity contribution in [1.82, 2.24) is 10.2 Å². The number of rotatable bonds is 3. The van der Waals surface area contributed by atoms with Crippen molar-refractivity contribution in [2.45, 2.75) is 39.8 Å². The number of amidine groups is 1. The van der Waals surface area contributed by atoms with Gasteiger partial charge in [0.25, 0.3) is 0 Å². The second kappa shape index (κ2) is 5.91. The fraction of sp³-hybridized carbons (Fsp3) is 0.438. The summed E-state index contributed by atoms with van der Waals surface area (Å²) >= 11 is 0. The minimum absolute atomic E-state index is 0.273. The highest BCUT2D eigenvalue weighted by atomic mass is 15.2. The van der Waals surface area contributed by atoms with Crippen molar-refractivity contribution in [3.05, 3.63) is 47.7 Å². The average molecular weight is 257 g/mol. The van der Waals surface area contributed by atoms with Gasteiger partial charge in [-0.25, -0.2) is 4.99 Å². The van der Waals surface area contributed by atoms with E-state index < -0.39 is 0 Å². The molecule has 1 aromatic carbocycles. The van der Waals surface area contributed by atoms with Crippen LogP contribution in [0.5, 0.6) is 0 Å². The Morgan fingerprint density at radius 3 is 2.53 bits per heavy atom. The van der Waals surface area contributed by atoms with Gasteiger partial charge >= 0.3 is 0 Å². The predicted octanol–water partition coefficient (Wildman–Crippen LogP) is 3.24. The Bertz CT molecular complexity index is 489. The lowest BCUT2D eigenvalue weighted by Gasteiger charge is -2.27. The number of nitrogens with zero attached hydrogens (tertiary/aromatic N) is 2. The van der Waals surface area contributed by atoms with Crippen LogP contribution < -0.4 is 5.32 Å². The van der Waals surface area contributed by atoms with E-state index in [1.807, 2.05) is 0 Å². The van der Waals surface area contributed by atoms with Gasteiger partial charge in [0, 0.05) is 12.2 Å². The third-order valence-corrected chi connectivity index (χ3v) is 3.51. The predicted molar refractivity (Wildman–Crippen MR) is 81.1 cm³/mol. The van der Waals surface area contributed by atoms with Gasteiger partial charge in [0.1, 0.15) is 12.5 Å². The average Bonchev–Trinajstić information content (AvgIpc) is 2.39. The van der Waals surface area contributed by atoms with Gasteiger partial charge in [-0.05, 0) is 44.9 Å². The van der Waals surface area contributed by atoms with E-state index in [1.165, 1.54) is 11.1 Å². The van der Waals surface area contributed by atoms with Gasteiger partial charge in [-0.2, -0.15) is 0 Å². The molecule has 0 radical (unpaired) electrons. The summed E-state index contributed by atoms with van der Waals surface area (Å²) in [6.45, 7) is 9.40. The number of hydrogen-bond acceptors (Lipinski definition) is 3. The molecule has 0 aromatic heterocycles. The molecular formula is C16H23N3. The van der Waals surface area contributed by atoms with Crippen LogP contribution >= 0.6 is 0 Å². The number of hydrogen-bond donors (Lipinski definition) is 1. The first-order valence-electron chi connectivity index (χ1n) is 6.88. The van der Waals surface area contributed by atoms with Crippen molar-refractivity contribution in [3.8, 4) is 0 Å². The second-order valence-corrected chi connectivity index (χ2v) is 5.33. The molecule has 0 fully saturated rings. The van der Waals surface area contributed by atoms with Crippen LogP contribution in [0.4, 0.5) is 0 Å². The zero-order valence-corrected chi connectivity index (χ0v) is 12.2. The number of nitrogens with one attached hydrogen (secondary N) is 1. The van der Waals surface area contributed by atoms with Gasteiger partial charge in [0.05, 0.1) is 6.04 Å². The standard InChI is InChI=1S/C16H23N3/c1-12(2)19-10-9-16(17-11-19)18-14(4)15-8-6-5-7-13(15)3/h5-10,12,14H,11H2,1-4H3,(H,17,18). The summed E-state index contributed by atoms with van der Waals surface area (Å²) in [6.07, 6.45) is 4.17. The minimum atomic E-state index is 0.273. The van der Waals surface area contributed by atoms with E-state index in [9.17, 15) is 0 Å². The summed E-state index contributed by atoms with van der Waals surface area (Å²) in [5.41, 5.74) is 2.64. The molecule has 3 heteroatoms. The Kier molecular flexibility index (Phi) is 4.25. The van der Waals surface area contributed by atoms with Crippen LogP contribution in [0.15, 0.2) is 41.5 Å². The van der Waals surface area contributed by atoms with Gasteiger partial charge < -0.3 is 10.2 Å². The third kappa shape index (κ3) is 3.37. The Morgan fingerprint density at radius 1 is 1.21 bits per heavy atom. The van der Waals surface area contributed by atoms with E-state index >= 15 is 0 Å². The smallest absolute Gasteiger partial charge is 0.124 e. The van der Waals surface area contributed by atoms with Crippen LogP contribution in [0, 0.1) is 6.92 Å². The Balaban J connectivity index is 2.00. The Labute approximate surface area is 116 Å². The van der Waals surface area contributed by atoms with Gasteiger partial charge in [0.15, 0.2) is 0 Å². The van der Waals surface area contributed by atoms with Gasteiger partial charge in [-0.15, -0.1) is 0 Å². The Hall–Kier alpha value is -1.77. The molecular weight excluding hydrogens is 234 g/mol. The molecule has 0 saturated carbocycles. The molecule has 1 atom stereocenters. The fourth-order valence-electron chi connectivity index (χ4n) is 2.23. The lowest BCUT2D eigenvalue weighted by Crippen LogP contribution is -2.33.